The Morgan fingerprint density at radius 2 is 1.86 bits per heavy atom. The van der Waals surface area contributed by atoms with Gasteiger partial charge in [0.15, 0.2) is 11.2 Å². The molecular weight excluding hydrogens is 403 g/mol. The zero-order valence-electron chi connectivity index (χ0n) is 15.3. The van der Waals surface area contributed by atoms with Crippen LogP contribution in [0.3, 0.4) is 0 Å². The number of carbonyl (C=O) groups excluding carboxylic acids is 1. The Bertz CT molecular complexity index is 1010. The van der Waals surface area contributed by atoms with Gasteiger partial charge >= 0.3 is 5.97 Å². The second-order valence-corrected chi connectivity index (χ2v) is 8.46. The van der Waals surface area contributed by atoms with E-state index in [1.807, 2.05) is 6.92 Å². The summed E-state index contributed by atoms with van der Waals surface area (Å²) in [5.41, 5.74) is 0.916. The lowest BCUT2D eigenvalue weighted by Gasteiger charge is -2.27. The van der Waals surface area contributed by atoms with Crippen LogP contribution in [0.5, 0.6) is 0 Å². The number of ether oxygens (including phenoxy) is 1. The van der Waals surface area contributed by atoms with E-state index in [1.165, 1.54) is 30.3 Å². The van der Waals surface area contributed by atoms with Crippen LogP contribution < -0.4 is 5.32 Å². The van der Waals surface area contributed by atoms with Gasteiger partial charge in [0, 0.05) is 5.56 Å². The van der Waals surface area contributed by atoms with E-state index in [2.05, 4.69) is 5.32 Å². The highest BCUT2D eigenvalue weighted by Gasteiger charge is 2.49. The second kappa shape index (κ2) is 7.84. The Balaban J connectivity index is 2.14. The fourth-order valence-electron chi connectivity index (χ4n) is 3.06. The molecule has 3 rings (SSSR count). The third-order valence-corrected chi connectivity index (χ3v) is 6.62. The summed E-state index contributed by atoms with van der Waals surface area (Å²) >= 11 is 5.22. The average molecular weight is 423 g/mol. The van der Waals surface area contributed by atoms with Crippen molar-refractivity contribution in [3.63, 3.8) is 0 Å². The Labute approximate surface area is 168 Å². The number of benzene rings is 2. The topological polar surface area (TPSA) is 75.7 Å². The molecule has 1 N–H and O–H groups in total. The highest BCUT2D eigenvalue weighted by molar-refractivity contribution is 7.91. The van der Waals surface area contributed by atoms with Crippen molar-refractivity contribution in [2.45, 2.75) is 30.8 Å². The van der Waals surface area contributed by atoms with Crippen LogP contribution >= 0.6 is 12.2 Å². The SMILES string of the molecule is CCOC(=O)[C@H]1NC(=S)N(S(=O)(=O)c2ccc(C)cc2)[C@@H]1c1ccccc1F. The first-order chi connectivity index (χ1) is 13.3. The Kier molecular flexibility index (Phi) is 5.66. The van der Waals surface area contributed by atoms with Crippen molar-refractivity contribution in [2.75, 3.05) is 6.61 Å². The summed E-state index contributed by atoms with van der Waals surface area (Å²) in [4.78, 5) is 12.4. The van der Waals surface area contributed by atoms with E-state index >= 15 is 0 Å². The van der Waals surface area contributed by atoms with Crippen LogP contribution in [0.1, 0.15) is 24.1 Å². The summed E-state index contributed by atoms with van der Waals surface area (Å²) in [5.74, 6) is -1.35. The van der Waals surface area contributed by atoms with E-state index < -0.39 is 33.9 Å². The molecule has 0 aromatic heterocycles. The highest BCUT2D eigenvalue weighted by Crippen LogP contribution is 2.36. The molecule has 148 valence electrons. The first-order valence-corrected chi connectivity index (χ1v) is 10.4. The van der Waals surface area contributed by atoms with Gasteiger partial charge in [0.25, 0.3) is 10.0 Å². The van der Waals surface area contributed by atoms with Crippen LogP contribution in [0.2, 0.25) is 0 Å². The van der Waals surface area contributed by atoms with Gasteiger partial charge in [-0.05, 0) is 44.3 Å². The minimum Gasteiger partial charge on any atom is -0.464 e. The number of hydrogen-bond acceptors (Lipinski definition) is 5. The standard InChI is InChI=1S/C19H19FN2O4S2/c1-3-26-18(23)16-17(14-6-4-5-7-15(14)20)22(19(27)21-16)28(24,25)13-10-8-12(2)9-11-13/h4-11,16-17H,3H2,1-2H3,(H,21,27)/t16-,17+/m0/s1. The second-order valence-electron chi connectivity index (χ2n) is 6.26. The molecule has 6 nitrogen and oxygen atoms in total. The van der Waals surface area contributed by atoms with E-state index in [-0.39, 0.29) is 22.2 Å². The van der Waals surface area contributed by atoms with Crippen molar-refractivity contribution in [2.24, 2.45) is 0 Å². The lowest BCUT2D eigenvalue weighted by molar-refractivity contribution is -0.145. The lowest BCUT2D eigenvalue weighted by atomic mass is 10.0. The molecule has 9 heteroatoms. The maximum absolute atomic E-state index is 14.6. The summed E-state index contributed by atoms with van der Waals surface area (Å²) in [6.07, 6.45) is 0. The first-order valence-electron chi connectivity index (χ1n) is 8.60. The molecular formula is C19H19FN2O4S2. The van der Waals surface area contributed by atoms with E-state index in [0.717, 1.165) is 9.87 Å². The van der Waals surface area contributed by atoms with Crippen molar-refractivity contribution in [1.82, 2.24) is 9.62 Å². The molecule has 2 atom stereocenters. The normalized spacial score (nSPS) is 19.4. The number of rotatable bonds is 5. The summed E-state index contributed by atoms with van der Waals surface area (Å²) in [6.45, 7) is 3.56. The van der Waals surface area contributed by atoms with E-state index in [4.69, 9.17) is 17.0 Å². The van der Waals surface area contributed by atoms with Crippen LogP contribution in [0.4, 0.5) is 4.39 Å². The summed E-state index contributed by atoms with van der Waals surface area (Å²) in [7, 11) is -4.14. The number of carbonyl (C=O) groups is 1. The first kappa shape index (κ1) is 20.2. The van der Waals surface area contributed by atoms with Crippen LogP contribution in [-0.4, -0.2) is 36.5 Å². The quantitative estimate of drug-likeness (QED) is 0.590. The molecule has 0 spiro atoms. The maximum atomic E-state index is 14.6. The molecule has 0 bridgehead atoms. The number of halogens is 1. The zero-order chi connectivity index (χ0) is 20.5. The lowest BCUT2D eigenvalue weighted by Crippen LogP contribution is -2.38. The van der Waals surface area contributed by atoms with Gasteiger partial charge in [-0.3, -0.25) is 0 Å². The van der Waals surface area contributed by atoms with E-state index in [1.54, 1.807) is 25.1 Å². The number of thiocarbonyl (C=S) groups is 1. The van der Waals surface area contributed by atoms with Gasteiger partial charge in [0.1, 0.15) is 11.9 Å². The molecule has 1 heterocycles. The molecule has 0 aliphatic carbocycles. The summed E-state index contributed by atoms with van der Waals surface area (Å²) < 4.78 is 47.1. The number of sulfonamides is 1. The Hall–Kier alpha value is -2.52. The predicted molar refractivity (Wildman–Crippen MR) is 105 cm³/mol. The van der Waals surface area contributed by atoms with Gasteiger partial charge in [-0.1, -0.05) is 35.9 Å². The van der Waals surface area contributed by atoms with Crippen molar-refractivity contribution in [3.8, 4) is 0 Å². The van der Waals surface area contributed by atoms with Gasteiger partial charge < -0.3 is 10.1 Å². The van der Waals surface area contributed by atoms with Crippen LogP contribution in [0.25, 0.3) is 0 Å². The van der Waals surface area contributed by atoms with E-state index in [9.17, 15) is 17.6 Å². The number of nitrogens with zero attached hydrogens (tertiary/aromatic N) is 1. The summed E-state index contributed by atoms with van der Waals surface area (Å²) in [5, 5.41) is 2.50. The minimum atomic E-state index is -4.14. The zero-order valence-corrected chi connectivity index (χ0v) is 16.9. The number of hydrogen-bond donors (Lipinski definition) is 1. The molecule has 0 radical (unpaired) electrons. The molecule has 0 unspecified atom stereocenters. The monoisotopic (exact) mass is 422 g/mol. The van der Waals surface area contributed by atoms with Crippen molar-refractivity contribution < 1.29 is 22.3 Å². The largest absolute Gasteiger partial charge is 0.464 e. The Morgan fingerprint density at radius 3 is 2.46 bits per heavy atom. The summed E-state index contributed by atoms with van der Waals surface area (Å²) in [6, 6.07) is 9.52. The Morgan fingerprint density at radius 1 is 1.21 bits per heavy atom. The van der Waals surface area contributed by atoms with Gasteiger partial charge in [-0.25, -0.2) is 21.9 Å². The number of nitrogens with one attached hydrogen (secondary N) is 1. The minimum absolute atomic E-state index is 0.00639. The van der Waals surface area contributed by atoms with Crippen LogP contribution in [-0.2, 0) is 19.6 Å². The molecule has 28 heavy (non-hydrogen) atoms. The van der Waals surface area contributed by atoms with Gasteiger partial charge in [0.05, 0.1) is 11.5 Å². The third kappa shape index (κ3) is 3.59. The number of aryl methyl sites for hydroxylation is 1. The van der Waals surface area contributed by atoms with Gasteiger partial charge in [-0.2, -0.15) is 0 Å². The molecule has 1 aliphatic rings. The fraction of sp³-hybridized carbons (Fsp3) is 0.263. The molecule has 0 amide bonds. The molecule has 0 saturated carbocycles. The van der Waals surface area contributed by atoms with E-state index in [0.29, 0.717) is 0 Å². The number of esters is 1. The maximum Gasteiger partial charge on any atom is 0.331 e. The van der Waals surface area contributed by atoms with Crippen molar-refractivity contribution in [3.05, 3.63) is 65.5 Å². The molecule has 2 aromatic rings. The predicted octanol–water partition coefficient (Wildman–Crippen LogP) is 2.69. The third-order valence-electron chi connectivity index (χ3n) is 4.39. The van der Waals surface area contributed by atoms with Crippen LogP contribution in [0.15, 0.2) is 53.4 Å². The fourth-order valence-corrected chi connectivity index (χ4v) is 5.11. The van der Waals surface area contributed by atoms with Gasteiger partial charge in [-0.15, -0.1) is 0 Å². The smallest absolute Gasteiger partial charge is 0.331 e. The molecule has 1 aliphatic heterocycles. The van der Waals surface area contributed by atoms with Gasteiger partial charge in [0.2, 0.25) is 0 Å². The van der Waals surface area contributed by atoms with Crippen LogP contribution in [0, 0.1) is 12.7 Å². The molecule has 1 fully saturated rings. The average Bonchev–Trinajstić information content (AvgIpc) is 3.00. The van der Waals surface area contributed by atoms with Crippen molar-refractivity contribution in [1.29, 1.82) is 0 Å². The highest BCUT2D eigenvalue weighted by atomic mass is 32.2. The molecule has 2 aromatic carbocycles. The molecule has 1 saturated heterocycles. The van der Waals surface area contributed by atoms with Crippen molar-refractivity contribution >= 4 is 33.3 Å².